The number of fused-ring (bicyclic) bond motifs is 1. The first kappa shape index (κ1) is 11.0. The minimum absolute atomic E-state index is 0.0988. The Kier molecular flexibility index (Phi) is 2.78. The van der Waals surface area contributed by atoms with Gasteiger partial charge in [0.1, 0.15) is 11.8 Å². The highest BCUT2D eigenvalue weighted by Gasteiger charge is 2.20. The highest BCUT2D eigenvalue weighted by atomic mass is 35.5. The lowest BCUT2D eigenvalue weighted by Gasteiger charge is -2.24. The van der Waals surface area contributed by atoms with Crippen molar-refractivity contribution in [3.63, 3.8) is 0 Å². The Morgan fingerprint density at radius 2 is 2.41 bits per heavy atom. The summed E-state index contributed by atoms with van der Waals surface area (Å²) in [7, 11) is 2.01. The molecule has 1 unspecified atom stereocenters. The van der Waals surface area contributed by atoms with Crippen LogP contribution < -0.4 is 5.32 Å². The normalized spacial score (nSPS) is 20.9. The maximum absolute atomic E-state index is 5.95. The number of halogens is 1. The molecule has 3 heterocycles. The Bertz CT molecular complexity index is 546. The van der Waals surface area contributed by atoms with Crippen molar-refractivity contribution in [2.75, 3.05) is 19.7 Å². The number of aromatic nitrogens is 2. The van der Waals surface area contributed by atoms with Crippen molar-refractivity contribution in [3.8, 4) is 0 Å². The molecule has 3 rings (SSSR count). The summed E-state index contributed by atoms with van der Waals surface area (Å²) in [6.45, 7) is 2.52. The van der Waals surface area contributed by atoms with Crippen molar-refractivity contribution >= 4 is 22.6 Å². The molecule has 1 saturated heterocycles. The third-order valence-electron chi connectivity index (χ3n) is 3.13. The van der Waals surface area contributed by atoms with E-state index in [0.29, 0.717) is 5.02 Å². The molecule has 0 amide bonds. The number of nitrogens with one attached hydrogen (secondary N) is 1. The van der Waals surface area contributed by atoms with Gasteiger partial charge in [0.15, 0.2) is 0 Å². The summed E-state index contributed by atoms with van der Waals surface area (Å²) in [4.78, 5) is 4.35. The lowest BCUT2D eigenvalue weighted by atomic mass is 10.2. The smallest absolute Gasteiger partial charge is 0.139 e. The van der Waals surface area contributed by atoms with Gasteiger partial charge in [0, 0.05) is 31.7 Å². The minimum Gasteiger partial charge on any atom is -0.369 e. The molecule has 2 aromatic rings. The lowest BCUT2D eigenvalue weighted by Crippen LogP contribution is -2.34. The number of aryl methyl sites for hydroxylation is 1. The Balaban J connectivity index is 2.07. The van der Waals surface area contributed by atoms with Crippen molar-refractivity contribution in [2.45, 2.75) is 6.10 Å². The third-order valence-corrected chi connectivity index (χ3v) is 3.33. The summed E-state index contributed by atoms with van der Waals surface area (Å²) in [6, 6.07) is 4.04. The number of hydrogen-bond acceptors (Lipinski definition) is 3. The van der Waals surface area contributed by atoms with Crippen LogP contribution in [0.4, 0.5) is 0 Å². The van der Waals surface area contributed by atoms with Crippen LogP contribution in [0.15, 0.2) is 18.3 Å². The van der Waals surface area contributed by atoms with Crippen LogP contribution in [-0.2, 0) is 11.8 Å². The van der Waals surface area contributed by atoms with Gasteiger partial charge in [-0.1, -0.05) is 11.6 Å². The average Bonchev–Trinajstić information content (AvgIpc) is 2.67. The summed E-state index contributed by atoms with van der Waals surface area (Å²) >= 11 is 5.95. The summed E-state index contributed by atoms with van der Waals surface area (Å²) in [5.41, 5.74) is 2.08. The molecule has 1 aliphatic rings. The molecule has 5 heteroatoms. The first-order valence-electron chi connectivity index (χ1n) is 5.69. The molecule has 1 aliphatic heterocycles. The van der Waals surface area contributed by atoms with E-state index in [1.54, 1.807) is 6.20 Å². The number of ether oxygens (including phenoxy) is 1. The van der Waals surface area contributed by atoms with Crippen LogP contribution >= 0.6 is 11.6 Å². The molecular formula is C12H14ClN3O. The van der Waals surface area contributed by atoms with Gasteiger partial charge in [-0.05, 0) is 12.1 Å². The Morgan fingerprint density at radius 3 is 3.18 bits per heavy atom. The van der Waals surface area contributed by atoms with Crippen LogP contribution in [0.3, 0.4) is 0 Å². The number of hydrogen-bond donors (Lipinski definition) is 1. The maximum atomic E-state index is 5.95. The van der Waals surface area contributed by atoms with Gasteiger partial charge in [-0.3, -0.25) is 0 Å². The molecule has 2 aromatic heterocycles. The van der Waals surface area contributed by atoms with Gasteiger partial charge in [0.2, 0.25) is 0 Å². The highest BCUT2D eigenvalue weighted by molar-refractivity contribution is 6.31. The predicted octanol–water partition coefficient (Wildman–Crippen LogP) is 1.89. The van der Waals surface area contributed by atoms with E-state index in [-0.39, 0.29) is 6.10 Å². The fourth-order valence-corrected chi connectivity index (χ4v) is 2.44. The zero-order chi connectivity index (χ0) is 11.8. The standard InChI is InChI=1S/C12H14ClN3O/c1-16-10(11-7-14-2-3-17-11)5-8-4-9(13)6-15-12(8)16/h4-6,11,14H,2-3,7H2,1H3. The Hall–Kier alpha value is -1.10. The van der Waals surface area contributed by atoms with Gasteiger partial charge in [0.25, 0.3) is 0 Å². The second-order valence-corrected chi connectivity index (χ2v) is 4.69. The molecule has 1 N–H and O–H groups in total. The molecule has 1 fully saturated rings. The number of pyridine rings is 1. The first-order chi connectivity index (χ1) is 8.25. The van der Waals surface area contributed by atoms with Crippen LogP contribution in [0.1, 0.15) is 11.8 Å². The largest absolute Gasteiger partial charge is 0.369 e. The van der Waals surface area contributed by atoms with E-state index in [9.17, 15) is 0 Å². The van der Waals surface area contributed by atoms with Gasteiger partial charge >= 0.3 is 0 Å². The molecule has 0 aromatic carbocycles. The van der Waals surface area contributed by atoms with E-state index in [0.717, 1.165) is 36.4 Å². The van der Waals surface area contributed by atoms with E-state index >= 15 is 0 Å². The van der Waals surface area contributed by atoms with Crippen LogP contribution in [-0.4, -0.2) is 29.2 Å². The van der Waals surface area contributed by atoms with E-state index in [1.807, 2.05) is 13.1 Å². The first-order valence-corrected chi connectivity index (χ1v) is 6.06. The van der Waals surface area contributed by atoms with Gasteiger partial charge < -0.3 is 14.6 Å². The van der Waals surface area contributed by atoms with Gasteiger partial charge in [-0.2, -0.15) is 0 Å². The molecule has 90 valence electrons. The fourth-order valence-electron chi connectivity index (χ4n) is 2.28. The molecule has 0 bridgehead atoms. The zero-order valence-electron chi connectivity index (χ0n) is 9.61. The topological polar surface area (TPSA) is 39.1 Å². The maximum Gasteiger partial charge on any atom is 0.139 e. The molecule has 17 heavy (non-hydrogen) atoms. The molecule has 1 atom stereocenters. The van der Waals surface area contributed by atoms with Crippen LogP contribution in [0, 0.1) is 0 Å². The molecule has 0 spiro atoms. The van der Waals surface area contributed by atoms with Gasteiger partial charge in [-0.25, -0.2) is 4.98 Å². The number of morpholine rings is 1. The molecule has 0 radical (unpaired) electrons. The third kappa shape index (κ3) is 1.92. The van der Waals surface area contributed by atoms with Crippen LogP contribution in [0.5, 0.6) is 0 Å². The summed E-state index contributed by atoms with van der Waals surface area (Å²) < 4.78 is 7.83. The summed E-state index contributed by atoms with van der Waals surface area (Å²) in [6.07, 6.45) is 1.77. The van der Waals surface area contributed by atoms with E-state index < -0.39 is 0 Å². The summed E-state index contributed by atoms with van der Waals surface area (Å²) in [5, 5.41) is 5.06. The van der Waals surface area contributed by atoms with Crippen LogP contribution in [0.2, 0.25) is 5.02 Å². The van der Waals surface area contributed by atoms with E-state index in [1.165, 1.54) is 0 Å². The molecule has 0 saturated carbocycles. The fraction of sp³-hybridized carbons (Fsp3) is 0.417. The SMILES string of the molecule is Cn1c(C2CNCCO2)cc2cc(Cl)cnc21. The number of nitrogens with zero attached hydrogens (tertiary/aromatic N) is 2. The summed E-state index contributed by atoms with van der Waals surface area (Å²) in [5.74, 6) is 0. The second-order valence-electron chi connectivity index (χ2n) is 4.26. The number of rotatable bonds is 1. The molecule has 4 nitrogen and oxygen atoms in total. The predicted molar refractivity (Wildman–Crippen MR) is 67.3 cm³/mol. The molecule has 0 aliphatic carbocycles. The van der Waals surface area contributed by atoms with Crippen LogP contribution in [0.25, 0.3) is 11.0 Å². The van der Waals surface area contributed by atoms with Crippen molar-refractivity contribution < 1.29 is 4.74 Å². The van der Waals surface area contributed by atoms with Crippen molar-refractivity contribution in [1.29, 1.82) is 0 Å². The van der Waals surface area contributed by atoms with Gasteiger partial charge in [0.05, 0.1) is 17.3 Å². The Morgan fingerprint density at radius 1 is 1.53 bits per heavy atom. The van der Waals surface area contributed by atoms with E-state index in [2.05, 4.69) is 20.9 Å². The average molecular weight is 252 g/mol. The van der Waals surface area contributed by atoms with Crippen molar-refractivity contribution in [1.82, 2.24) is 14.9 Å². The molecular weight excluding hydrogens is 238 g/mol. The monoisotopic (exact) mass is 251 g/mol. The van der Waals surface area contributed by atoms with Gasteiger partial charge in [-0.15, -0.1) is 0 Å². The second kappa shape index (κ2) is 4.29. The van der Waals surface area contributed by atoms with Crippen molar-refractivity contribution in [2.24, 2.45) is 7.05 Å². The highest BCUT2D eigenvalue weighted by Crippen LogP contribution is 2.26. The van der Waals surface area contributed by atoms with Crippen molar-refractivity contribution in [3.05, 3.63) is 29.0 Å². The zero-order valence-corrected chi connectivity index (χ0v) is 10.4. The van der Waals surface area contributed by atoms with E-state index in [4.69, 9.17) is 16.3 Å². The minimum atomic E-state index is 0.0988. The lowest BCUT2D eigenvalue weighted by molar-refractivity contribution is 0.0235. The quantitative estimate of drug-likeness (QED) is 0.841. The Labute approximate surface area is 105 Å².